The molecule has 1 aliphatic carbocycles. The first-order valence-corrected chi connectivity index (χ1v) is 7.87. The third-order valence-corrected chi connectivity index (χ3v) is 4.88. The maximum absolute atomic E-state index is 11.5. The zero-order valence-corrected chi connectivity index (χ0v) is 14.6. The van der Waals surface area contributed by atoms with Crippen LogP contribution in [-0.4, -0.2) is 12.2 Å². The van der Waals surface area contributed by atoms with Crippen molar-refractivity contribution >= 4 is 0 Å². The largest absolute Gasteiger partial charge is 0.496 e. The zero-order valence-electron chi connectivity index (χ0n) is 14.6. The highest BCUT2D eigenvalue weighted by molar-refractivity contribution is 5.48. The van der Waals surface area contributed by atoms with Gasteiger partial charge in [0.25, 0.3) is 0 Å². The summed E-state index contributed by atoms with van der Waals surface area (Å²) < 4.78 is 5.65. The molecule has 0 aliphatic heterocycles. The van der Waals surface area contributed by atoms with E-state index in [0.717, 1.165) is 36.1 Å². The summed E-state index contributed by atoms with van der Waals surface area (Å²) in [6.45, 7) is 13.2. The molecule has 21 heavy (non-hydrogen) atoms. The highest BCUT2D eigenvalue weighted by Crippen LogP contribution is 2.55. The second kappa shape index (κ2) is 5.01. The summed E-state index contributed by atoms with van der Waals surface area (Å²) in [5, 5.41) is 11.5. The minimum absolute atomic E-state index is 0.125. The quantitative estimate of drug-likeness (QED) is 0.852. The lowest BCUT2D eigenvalue weighted by Crippen LogP contribution is -2.44. The van der Waals surface area contributed by atoms with Crippen LogP contribution in [-0.2, 0) is 5.60 Å². The molecule has 2 rings (SSSR count). The number of benzene rings is 1. The third kappa shape index (κ3) is 3.11. The van der Waals surface area contributed by atoms with Gasteiger partial charge >= 0.3 is 0 Å². The number of hydrogen-bond donors (Lipinski definition) is 1. The SMILES string of the molecule is COc1c(C2(O)CC(C)(C)CC(C)(C)C2)ccc(C)c1C. The normalized spacial score (nSPS) is 22.9. The predicted molar refractivity (Wildman–Crippen MR) is 87.8 cm³/mol. The smallest absolute Gasteiger partial charge is 0.128 e. The van der Waals surface area contributed by atoms with Crippen molar-refractivity contribution in [2.24, 2.45) is 10.8 Å². The number of rotatable bonds is 2. The first-order valence-electron chi connectivity index (χ1n) is 7.87. The molecule has 0 spiro atoms. The summed E-state index contributed by atoms with van der Waals surface area (Å²) in [7, 11) is 1.70. The Kier molecular flexibility index (Phi) is 3.90. The molecule has 1 aromatic rings. The molecule has 1 aliphatic rings. The van der Waals surface area contributed by atoms with Crippen LogP contribution >= 0.6 is 0 Å². The Bertz CT molecular complexity index is 525. The van der Waals surface area contributed by atoms with E-state index in [2.05, 4.69) is 53.7 Å². The van der Waals surface area contributed by atoms with Crippen molar-refractivity contribution in [2.75, 3.05) is 7.11 Å². The van der Waals surface area contributed by atoms with Gasteiger partial charge in [-0.25, -0.2) is 0 Å². The molecule has 118 valence electrons. The first kappa shape index (κ1) is 16.4. The lowest BCUT2D eigenvalue weighted by molar-refractivity contribution is -0.0923. The highest BCUT2D eigenvalue weighted by atomic mass is 16.5. The molecule has 0 bridgehead atoms. The molecule has 1 saturated carbocycles. The van der Waals surface area contributed by atoms with Gasteiger partial charge < -0.3 is 9.84 Å². The van der Waals surface area contributed by atoms with Gasteiger partial charge in [0.15, 0.2) is 0 Å². The molecular weight excluding hydrogens is 260 g/mol. The molecule has 0 unspecified atom stereocenters. The first-order chi connectivity index (χ1) is 9.50. The Balaban J connectivity index is 2.56. The lowest BCUT2D eigenvalue weighted by atomic mass is 9.58. The fourth-order valence-corrected chi connectivity index (χ4v) is 4.68. The van der Waals surface area contributed by atoms with Crippen molar-refractivity contribution in [3.8, 4) is 5.75 Å². The maximum atomic E-state index is 11.5. The third-order valence-electron chi connectivity index (χ3n) is 4.88. The van der Waals surface area contributed by atoms with E-state index < -0.39 is 5.60 Å². The molecule has 0 aromatic heterocycles. The molecule has 2 heteroatoms. The highest BCUT2D eigenvalue weighted by Gasteiger charge is 2.48. The molecule has 2 nitrogen and oxygen atoms in total. The number of ether oxygens (including phenoxy) is 1. The molecule has 0 heterocycles. The summed E-state index contributed by atoms with van der Waals surface area (Å²) >= 11 is 0. The Morgan fingerprint density at radius 3 is 1.95 bits per heavy atom. The van der Waals surface area contributed by atoms with Gasteiger partial charge in [0.1, 0.15) is 5.75 Å². The van der Waals surface area contributed by atoms with E-state index >= 15 is 0 Å². The Morgan fingerprint density at radius 2 is 1.48 bits per heavy atom. The average Bonchev–Trinajstić information content (AvgIpc) is 2.27. The minimum atomic E-state index is -0.810. The van der Waals surface area contributed by atoms with E-state index in [1.807, 2.05) is 0 Å². The Morgan fingerprint density at radius 1 is 0.952 bits per heavy atom. The zero-order chi connectivity index (χ0) is 16.1. The maximum Gasteiger partial charge on any atom is 0.128 e. The number of methoxy groups -OCH3 is 1. The molecule has 1 N–H and O–H groups in total. The van der Waals surface area contributed by atoms with E-state index in [-0.39, 0.29) is 10.8 Å². The predicted octanol–water partition coefficient (Wildman–Crippen LogP) is 4.74. The average molecular weight is 290 g/mol. The monoisotopic (exact) mass is 290 g/mol. The number of aryl methyl sites for hydroxylation is 1. The summed E-state index contributed by atoms with van der Waals surface area (Å²) in [4.78, 5) is 0. The lowest BCUT2D eigenvalue weighted by Gasteiger charge is -2.50. The molecule has 1 fully saturated rings. The molecule has 0 amide bonds. The summed E-state index contributed by atoms with van der Waals surface area (Å²) in [5.74, 6) is 0.853. The van der Waals surface area contributed by atoms with Crippen LogP contribution in [0.15, 0.2) is 12.1 Å². The van der Waals surface area contributed by atoms with Crippen LogP contribution < -0.4 is 4.74 Å². The van der Waals surface area contributed by atoms with Gasteiger partial charge in [-0.05, 0) is 55.1 Å². The van der Waals surface area contributed by atoms with E-state index in [1.165, 1.54) is 5.56 Å². The van der Waals surface area contributed by atoms with Crippen LogP contribution in [0.1, 0.15) is 63.6 Å². The van der Waals surface area contributed by atoms with Crippen LogP contribution in [0.3, 0.4) is 0 Å². The Hall–Kier alpha value is -1.02. The molecule has 1 aromatic carbocycles. The fourth-order valence-electron chi connectivity index (χ4n) is 4.68. The van der Waals surface area contributed by atoms with Crippen molar-refractivity contribution in [3.63, 3.8) is 0 Å². The summed E-state index contributed by atoms with van der Waals surface area (Å²) in [6.07, 6.45) is 2.69. The molecule has 0 radical (unpaired) electrons. The van der Waals surface area contributed by atoms with E-state index in [0.29, 0.717) is 0 Å². The van der Waals surface area contributed by atoms with E-state index in [1.54, 1.807) is 7.11 Å². The van der Waals surface area contributed by atoms with Crippen molar-refractivity contribution in [2.45, 2.75) is 66.4 Å². The van der Waals surface area contributed by atoms with Crippen molar-refractivity contribution < 1.29 is 9.84 Å². The second-order valence-electron chi connectivity index (χ2n) is 8.48. The van der Waals surface area contributed by atoms with Gasteiger partial charge in [-0.15, -0.1) is 0 Å². The molecule has 0 atom stereocenters. The van der Waals surface area contributed by atoms with E-state index in [4.69, 9.17) is 4.74 Å². The van der Waals surface area contributed by atoms with Crippen molar-refractivity contribution in [1.82, 2.24) is 0 Å². The van der Waals surface area contributed by atoms with Crippen LogP contribution in [0, 0.1) is 24.7 Å². The van der Waals surface area contributed by atoms with Gasteiger partial charge in [0.05, 0.1) is 12.7 Å². The Labute approximate surface area is 129 Å². The van der Waals surface area contributed by atoms with Crippen LogP contribution in [0.2, 0.25) is 0 Å². The van der Waals surface area contributed by atoms with Gasteiger partial charge in [0, 0.05) is 5.56 Å². The topological polar surface area (TPSA) is 29.5 Å². The van der Waals surface area contributed by atoms with Gasteiger partial charge in [-0.2, -0.15) is 0 Å². The van der Waals surface area contributed by atoms with Gasteiger partial charge in [-0.1, -0.05) is 39.8 Å². The molecule has 0 saturated heterocycles. The van der Waals surface area contributed by atoms with Crippen LogP contribution in [0.5, 0.6) is 5.75 Å². The fraction of sp³-hybridized carbons (Fsp3) is 0.684. The van der Waals surface area contributed by atoms with Crippen LogP contribution in [0.4, 0.5) is 0 Å². The summed E-state index contributed by atoms with van der Waals surface area (Å²) in [5.41, 5.74) is 2.72. The van der Waals surface area contributed by atoms with Crippen LogP contribution in [0.25, 0.3) is 0 Å². The van der Waals surface area contributed by atoms with Gasteiger partial charge in [-0.3, -0.25) is 0 Å². The minimum Gasteiger partial charge on any atom is -0.496 e. The second-order valence-corrected chi connectivity index (χ2v) is 8.48. The number of hydrogen-bond acceptors (Lipinski definition) is 2. The summed E-state index contributed by atoms with van der Waals surface area (Å²) in [6, 6.07) is 4.15. The van der Waals surface area contributed by atoms with E-state index in [9.17, 15) is 5.11 Å². The van der Waals surface area contributed by atoms with Gasteiger partial charge in [0.2, 0.25) is 0 Å². The number of aliphatic hydroxyl groups is 1. The molecular formula is C19H30O2. The van der Waals surface area contributed by atoms with Crippen molar-refractivity contribution in [1.29, 1.82) is 0 Å². The van der Waals surface area contributed by atoms with Crippen molar-refractivity contribution in [3.05, 3.63) is 28.8 Å². The standard InChI is InChI=1S/C19H30O2/c1-13-8-9-15(16(21-7)14(13)2)19(20)11-17(3,4)10-18(5,6)12-19/h8-9,20H,10-12H2,1-7H3.